The smallest absolute Gasteiger partial charge is 0.00917 e. The summed E-state index contributed by atoms with van der Waals surface area (Å²) in [6, 6.07) is 1.35. The zero-order chi connectivity index (χ0) is 9.52. The summed E-state index contributed by atoms with van der Waals surface area (Å²) in [7, 11) is 0. The molecule has 0 aromatic heterocycles. The molecular weight excluding hydrogens is 162 g/mol. The number of hydrogen-bond donors (Lipinski definition) is 3. The standard InChI is InChI=1S/C10H23N3/c1-9(2)12-7-8-13-10-3-5-11-6-4-10/h9-13H,3-8H2,1-2H3. The predicted octanol–water partition coefficient (Wildman–Crippen LogP) is 0.326. The zero-order valence-electron chi connectivity index (χ0n) is 8.90. The molecule has 0 atom stereocenters. The fraction of sp³-hybridized carbons (Fsp3) is 1.00. The highest BCUT2D eigenvalue weighted by atomic mass is 15.0. The van der Waals surface area contributed by atoms with Crippen molar-refractivity contribution in [2.45, 2.75) is 38.8 Å². The summed E-state index contributed by atoms with van der Waals surface area (Å²) in [6.07, 6.45) is 2.56. The van der Waals surface area contributed by atoms with Crippen LogP contribution >= 0.6 is 0 Å². The number of nitrogens with one attached hydrogen (secondary N) is 3. The fourth-order valence-electron chi connectivity index (χ4n) is 1.66. The molecular formula is C10H23N3. The van der Waals surface area contributed by atoms with Gasteiger partial charge in [0.1, 0.15) is 0 Å². The van der Waals surface area contributed by atoms with E-state index < -0.39 is 0 Å². The van der Waals surface area contributed by atoms with E-state index in [-0.39, 0.29) is 0 Å². The quantitative estimate of drug-likeness (QED) is 0.540. The molecule has 0 unspecified atom stereocenters. The van der Waals surface area contributed by atoms with Gasteiger partial charge in [-0.3, -0.25) is 0 Å². The summed E-state index contributed by atoms with van der Waals surface area (Å²) < 4.78 is 0. The topological polar surface area (TPSA) is 36.1 Å². The van der Waals surface area contributed by atoms with Crippen LogP contribution in [0.3, 0.4) is 0 Å². The maximum atomic E-state index is 3.57. The molecule has 0 spiro atoms. The lowest BCUT2D eigenvalue weighted by molar-refractivity contribution is 0.384. The third kappa shape index (κ3) is 5.24. The average molecular weight is 185 g/mol. The average Bonchev–Trinajstić information content (AvgIpc) is 2.14. The molecule has 0 amide bonds. The SMILES string of the molecule is CC(C)NCCNC1CCNCC1. The summed E-state index contributed by atoms with van der Waals surface area (Å²) in [5, 5.41) is 10.3. The van der Waals surface area contributed by atoms with E-state index in [9.17, 15) is 0 Å². The Morgan fingerprint density at radius 1 is 1.23 bits per heavy atom. The Balaban J connectivity index is 1.92. The van der Waals surface area contributed by atoms with E-state index in [1.54, 1.807) is 0 Å². The minimum absolute atomic E-state index is 0.606. The molecule has 0 radical (unpaired) electrons. The van der Waals surface area contributed by atoms with Crippen molar-refractivity contribution in [3.05, 3.63) is 0 Å². The van der Waals surface area contributed by atoms with E-state index in [0.717, 1.165) is 19.1 Å². The normalized spacial score (nSPS) is 19.6. The first-order valence-electron chi connectivity index (χ1n) is 5.46. The van der Waals surface area contributed by atoms with Crippen LogP contribution < -0.4 is 16.0 Å². The third-order valence-electron chi connectivity index (χ3n) is 2.45. The van der Waals surface area contributed by atoms with Gasteiger partial charge in [0.15, 0.2) is 0 Å². The van der Waals surface area contributed by atoms with E-state index in [4.69, 9.17) is 0 Å². The Kier molecular flexibility index (Phi) is 5.35. The maximum absolute atomic E-state index is 3.57. The molecule has 1 heterocycles. The highest BCUT2D eigenvalue weighted by Crippen LogP contribution is 2.00. The van der Waals surface area contributed by atoms with E-state index >= 15 is 0 Å². The molecule has 1 aliphatic heterocycles. The zero-order valence-corrected chi connectivity index (χ0v) is 8.90. The van der Waals surface area contributed by atoms with Crippen molar-refractivity contribution < 1.29 is 0 Å². The summed E-state index contributed by atoms with van der Waals surface area (Å²) >= 11 is 0. The molecule has 13 heavy (non-hydrogen) atoms. The van der Waals surface area contributed by atoms with Crippen LogP contribution in [0.4, 0.5) is 0 Å². The van der Waals surface area contributed by atoms with Gasteiger partial charge in [-0.05, 0) is 25.9 Å². The molecule has 78 valence electrons. The summed E-state index contributed by atoms with van der Waals surface area (Å²) in [5.74, 6) is 0. The minimum atomic E-state index is 0.606. The van der Waals surface area contributed by atoms with Gasteiger partial charge in [0.05, 0.1) is 0 Å². The van der Waals surface area contributed by atoms with Crippen molar-refractivity contribution in [1.82, 2.24) is 16.0 Å². The number of piperidine rings is 1. The molecule has 3 heteroatoms. The maximum Gasteiger partial charge on any atom is 0.00917 e. The Morgan fingerprint density at radius 3 is 2.54 bits per heavy atom. The van der Waals surface area contributed by atoms with Crippen LogP contribution in [0.25, 0.3) is 0 Å². The van der Waals surface area contributed by atoms with Crippen LogP contribution in [0.2, 0.25) is 0 Å². The van der Waals surface area contributed by atoms with Crippen LogP contribution in [0.15, 0.2) is 0 Å². The van der Waals surface area contributed by atoms with Gasteiger partial charge < -0.3 is 16.0 Å². The second-order valence-corrected chi connectivity index (χ2v) is 4.09. The molecule has 3 nitrogen and oxygen atoms in total. The van der Waals surface area contributed by atoms with Gasteiger partial charge in [0.25, 0.3) is 0 Å². The van der Waals surface area contributed by atoms with E-state index in [1.165, 1.54) is 25.9 Å². The van der Waals surface area contributed by atoms with Gasteiger partial charge in [-0.25, -0.2) is 0 Å². The van der Waals surface area contributed by atoms with Crippen molar-refractivity contribution in [3.8, 4) is 0 Å². The molecule has 1 fully saturated rings. The summed E-state index contributed by atoms with van der Waals surface area (Å²) in [4.78, 5) is 0. The minimum Gasteiger partial charge on any atom is -0.317 e. The first-order chi connectivity index (χ1) is 6.29. The van der Waals surface area contributed by atoms with E-state index in [1.807, 2.05) is 0 Å². The van der Waals surface area contributed by atoms with E-state index in [0.29, 0.717) is 6.04 Å². The highest BCUT2D eigenvalue weighted by molar-refractivity contribution is 4.74. The second-order valence-electron chi connectivity index (χ2n) is 4.09. The first kappa shape index (κ1) is 11.0. The summed E-state index contributed by atoms with van der Waals surface area (Å²) in [5.41, 5.74) is 0. The molecule has 0 aromatic carbocycles. The molecule has 1 rings (SSSR count). The van der Waals surface area contributed by atoms with Crippen LogP contribution in [0, 0.1) is 0 Å². The van der Waals surface area contributed by atoms with Gasteiger partial charge in [-0.15, -0.1) is 0 Å². The summed E-state index contributed by atoms with van der Waals surface area (Å²) in [6.45, 7) is 8.91. The Hall–Kier alpha value is -0.120. The second kappa shape index (κ2) is 6.35. The molecule has 0 saturated carbocycles. The Morgan fingerprint density at radius 2 is 1.92 bits per heavy atom. The van der Waals surface area contributed by atoms with Gasteiger partial charge in [-0.2, -0.15) is 0 Å². The molecule has 0 aliphatic carbocycles. The van der Waals surface area contributed by atoms with Crippen molar-refractivity contribution in [2.24, 2.45) is 0 Å². The van der Waals surface area contributed by atoms with Crippen LogP contribution in [0.1, 0.15) is 26.7 Å². The third-order valence-corrected chi connectivity index (χ3v) is 2.45. The van der Waals surface area contributed by atoms with Gasteiger partial charge in [0.2, 0.25) is 0 Å². The van der Waals surface area contributed by atoms with Crippen molar-refractivity contribution >= 4 is 0 Å². The van der Waals surface area contributed by atoms with Crippen molar-refractivity contribution in [2.75, 3.05) is 26.2 Å². The van der Waals surface area contributed by atoms with Gasteiger partial charge >= 0.3 is 0 Å². The Bertz CT molecular complexity index is 119. The number of hydrogen-bond acceptors (Lipinski definition) is 3. The monoisotopic (exact) mass is 185 g/mol. The lowest BCUT2D eigenvalue weighted by Crippen LogP contribution is -2.42. The molecule has 3 N–H and O–H groups in total. The van der Waals surface area contributed by atoms with E-state index in [2.05, 4.69) is 29.8 Å². The number of rotatable bonds is 5. The molecule has 1 aliphatic rings. The molecule has 1 saturated heterocycles. The highest BCUT2D eigenvalue weighted by Gasteiger charge is 2.10. The van der Waals surface area contributed by atoms with Gasteiger partial charge in [-0.1, -0.05) is 13.8 Å². The molecule has 0 aromatic rings. The van der Waals surface area contributed by atoms with Crippen molar-refractivity contribution in [3.63, 3.8) is 0 Å². The first-order valence-corrected chi connectivity index (χ1v) is 5.46. The van der Waals surface area contributed by atoms with Gasteiger partial charge in [0, 0.05) is 25.2 Å². The fourth-order valence-corrected chi connectivity index (χ4v) is 1.66. The van der Waals surface area contributed by atoms with Crippen LogP contribution in [-0.4, -0.2) is 38.3 Å². The van der Waals surface area contributed by atoms with Crippen LogP contribution in [0.5, 0.6) is 0 Å². The lowest BCUT2D eigenvalue weighted by atomic mass is 10.1. The van der Waals surface area contributed by atoms with Crippen molar-refractivity contribution in [1.29, 1.82) is 0 Å². The molecule has 0 bridgehead atoms. The lowest BCUT2D eigenvalue weighted by Gasteiger charge is -2.24. The predicted molar refractivity (Wildman–Crippen MR) is 57.0 cm³/mol. The van der Waals surface area contributed by atoms with Crippen LogP contribution in [-0.2, 0) is 0 Å². The Labute approximate surface area is 81.7 Å². The largest absolute Gasteiger partial charge is 0.317 e.